The van der Waals surface area contributed by atoms with Gasteiger partial charge in [-0.3, -0.25) is 0 Å². The molecule has 1 aromatic rings. The number of benzene rings is 1. The molecule has 0 saturated heterocycles. The summed E-state index contributed by atoms with van der Waals surface area (Å²) in [5, 5.41) is 9.97. The molecule has 0 aliphatic carbocycles. The van der Waals surface area contributed by atoms with Gasteiger partial charge in [0.1, 0.15) is 0 Å². The molecule has 58 heavy (non-hydrogen) atoms. The third kappa shape index (κ3) is 51.0. The maximum atomic E-state index is 9.97. The Morgan fingerprint density at radius 1 is 0.414 bits per heavy atom. The number of nitrogens with zero attached hydrogens (tertiary/aromatic N) is 2. The van der Waals surface area contributed by atoms with Gasteiger partial charge in [0.2, 0.25) is 0 Å². The average Bonchev–Trinajstić information content (AvgIpc) is 3.19. The van der Waals surface area contributed by atoms with Gasteiger partial charge >= 0.3 is 0 Å². The second-order valence-corrected chi connectivity index (χ2v) is 18.7. The second-order valence-electron chi connectivity index (χ2n) is 18.7. The van der Waals surface area contributed by atoms with Gasteiger partial charge in [-0.05, 0) is 63.0 Å². The van der Waals surface area contributed by atoms with Crippen LogP contribution in [0.25, 0.3) is 6.08 Å². The highest BCUT2D eigenvalue weighted by Gasteiger charge is 2.14. The van der Waals surface area contributed by atoms with Crippen molar-refractivity contribution in [2.45, 2.75) is 233 Å². The predicted octanol–water partition coefficient (Wildman–Crippen LogP) is 12.1. The van der Waals surface area contributed by atoms with Gasteiger partial charge in [0.05, 0.1) is 60.3 Å². The summed E-state index contributed by atoms with van der Waals surface area (Å²) < 4.78 is 2.48. The molecule has 0 bridgehead atoms. The average molecular weight is 880 g/mol. The first-order valence-electron chi connectivity index (χ1n) is 25.1. The van der Waals surface area contributed by atoms with Crippen molar-refractivity contribution in [2.24, 2.45) is 0 Å². The lowest BCUT2D eigenvalue weighted by atomic mass is 10.1. The Balaban J connectivity index is -0.000000820. The van der Waals surface area contributed by atoms with Crippen molar-refractivity contribution < 1.29 is 35.8 Å². The Labute approximate surface area is 375 Å². The quantitative estimate of drug-likeness (QED) is 0.0377. The zero-order valence-electron chi connectivity index (χ0n) is 40.6. The Hall–Kier alpha value is -1.17. The Morgan fingerprint density at radius 3 is 0.862 bits per heavy atom. The van der Waals surface area contributed by atoms with Crippen LogP contribution < -0.4 is 22.1 Å². The summed E-state index contributed by atoms with van der Waals surface area (Å²) >= 11 is 0. The molecule has 0 heterocycles. The molecule has 0 unspecified atom stereocenters. The zero-order chi connectivity index (χ0) is 42.6. The molecule has 0 saturated carbocycles. The largest absolute Gasteiger partial charge is 1.00 e. The third-order valence-corrected chi connectivity index (χ3v) is 11.7. The highest BCUT2D eigenvalue weighted by molar-refractivity contribution is 5.83. The first kappa shape index (κ1) is 61.1. The van der Waals surface area contributed by atoms with Gasteiger partial charge in [-0.15, -0.1) is 0 Å². The van der Waals surface area contributed by atoms with Crippen LogP contribution in [-0.4, -0.2) is 69.3 Å². The van der Waals surface area contributed by atoms with Crippen molar-refractivity contribution in [3.8, 4) is 0 Å². The number of hydrogen-bond acceptors (Lipinski definition) is 2. The summed E-state index contributed by atoms with van der Waals surface area (Å²) in [6, 6.07) is 9.19. The van der Waals surface area contributed by atoms with E-state index in [9.17, 15) is 9.90 Å². The lowest BCUT2D eigenvalue weighted by Crippen LogP contribution is -3.00. The molecular weight excluding hydrogens is 776 g/mol. The zero-order valence-corrected chi connectivity index (χ0v) is 42.2. The first-order valence-corrected chi connectivity index (χ1v) is 25.1. The molecule has 344 valence electrons. The number of carboxylic acid groups (broad SMARTS) is 1. The minimum Gasteiger partial charge on any atom is -1.00 e. The number of halogens is 1. The number of hydrogen-bond donors (Lipinski definition) is 0. The SMILES string of the molecule is CCCCCCCCCC[N+](C)(C)CCCCCCCCCC.CCCCCCCCCC[N+](C)(C)CCCCCCCCCC.O=C([O-])C=Cc1ccccc1.[Br-]. The normalized spacial score (nSPS) is 11.4. The van der Waals surface area contributed by atoms with Crippen LogP contribution in [0.15, 0.2) is 36.4 Å². The van der Waals surface area contributed by atoms with E-state index in [1.165, 1.54) is 247 Å². The number of quaternary nitrogens is 2. The lowest BCUT2D eigenvalue weighted by molar-refractivity contribution is -0.890. The topological polar surface area (TPSA) is 40.1 Å². The van der Waals surface area contributed by atoms with Crippen molar-refractivity contribution in [2.75, 3.05) is 54.4 Å². The van der Waals surface area contributed by atoms with Crippen LogP contribution in [-0.2, 0) is 4.79 Å². The Bertz CT molecular complexity index is 872. The van der Waals surface area contributed by atoms with E-state index in [0.717, 1.165) is 11.6 Å². The van der Waals surface area contributed by atoms with Crippen LogP contribution in [0.1, 0.15) is 239 Å². The molecule has 0 amide bonds. The van der Waals surface area contributed by atoms with E-state index < -0.39 is 5.97 Å². The van der Waals surface area contributed by atoms with Gasteiger partial charge in [-0.2, -0.15) is 0 Å². The number of carboxylic acids is 1. The molecule has 0 radical (unpaired) electrons. The molecule has 0 aliphatic rings. The van der Waals surface area contributed by atoms with E-state index in [0.29, 0.717) is 0 Å². The Kier molecular flexibility index (Phi) is 49.4. The highest BCUT2D eigenvalue weighted by Crippen LogP contribution is 2.15. The van der Waals surface area contributed by atoms with E-state index in [1.807, 2.05) is 30.3 Å². The summed E-state index contributed by atoms with van der Waals surface area (Å²) in [7, 11) is 9.73. The molecule has 0 N–H and O–H groups in total. The van der Waals surface area contributed by atoms with E-state index in [2.05, 4.69) is 55.9 Å². The standard InChI is InChI=1S/2C22H48N.C9H8O2.BrH/c2*1-5-7-9-11-13-15-17-19-21-23(3,4)22-20-18-16-14-12-10-8-6-2;10-9(11)7-6-8-4-2-1-3-5-8;/h2*5-22H2,1-4H3;1-7H,(H,10,11);1H/q2*+1;;/p-2. The molecule has 0 spiro atoms. The van der Waals surface area contributed by atoms with Gasteiger partial charge in [0.15, 0.2) is 0 Å². The fraction of sp³-hybridized carbons (Fsp3) is 0.830. The molecule has 4 nitrogen and oxygen atoms in total. The predicted molar refractivity (Wildman–Crippen MR) is 255 cm³/mol. The van der Waals surface area contributed by atoms with Crippen LogP contribution in [0.4, 0.5) is 0 Å². The molecule has 5 heteroatoms. The smallest absolute Gasteiger partial charge is 0.0782 e. The molecule has 0 atom stereocenters. The van der Waals surface area contributed by atoms with Gasteiger partial charge in [0.25, 0.3) is 0 Å². The van der Waals surface area contributed by atoms with Crippen molar-refractivity contribution >= 4 is 12.0 Å². The van der Waals surface area contributed by atoms with E-state index in [-0.39, 0.29) is 17.0 Å². The first-order chi connectivity index (χ1) is 27.5. The van der Waals surface area contributed by atoms with Gasteiger partial charge in [-0.1, -0.05) is 218 Å². The number of carbonyl (C=O) groups excluding carboxylic acids is 1. The number of rotatable bonds is 38. The number of unbranched alkanes of at least 4 members (excludes halogenated alkanes) is 28. The third-order valence-electron chi connectivity index (χ3n) is 11.7. The Morgan fingerprint density at radius 2 is 0.638 bits per heavy atom. The van der Waals surface area contributed by atoms with Crippen LogP contribution in [0.2, 0.25) is 0 Å². The monoisotopic (exact) mass is 879 g/mol. The molecule has 1 rings (SSSR count). The summed E-state index contributed by atoms with van der Waals surface area (Å²) in [5.74, 6) is -1.17. The maximum Gasteiger partial charge on any atom is 0.0782 e. The van der Waals surface area contributed by atoms with Crippen LogP contribution in [0.3, 0.4) is 0 Å². The molecule has 0 aliphatic heterocycles. The number of aliphatic carboxylic acids is 1. The van der Waals surface area contributed by atoms with Gasteiger partial charge in [-0.25, -0.2) is 0 Å². The van der Waals surface area contributed by atoms with Crippen molar-refractivity contribution in [1.29, 1.82) is 0 Å². The van der Waals surface area contributed by atoms with Gasteiger partial charge in [0, 0.05) is 0 Å². The van der Waals surface area contributed by atoms with Crippen molar-refractivity contribution in [3.63, 3.8) is 0 Å². The summed E-state index contributed by atoms with van der Waals surface area (Å²) in [5.41, 5.74) is 0.858. The van der Waals surface area contributed by atoms with Crippen LogP contribution >= 0.6 is 0 Å². The second kappa shape index (κ2) is 46.9. The fourth-order valence-electron chi connectivity index (χ4n) is 7.65. The minimum atomic E-state index is -1.17. The fourth-order valence-corrected chi connectivity index (χ4v) is 7.65. The van der Waals surface area contributed by atoms with E-state index in [1.54, 1.807) is 0 Å². The van der Waals surface area contributed by atoms with Crippen LogP contribution in [0.5, 0.6) is 0 Å². The summed E-state index contributed by atoms with van der Waals surface area (Å²) in [6.07, 6.45) is 48.6. The van der Waals surface area contributed by atoms with Gasteiger partial charge < -0.3 is 35.8 Å². The van der Waals surface area contributed by atoms with E-state index >= 15 is 0 Å². The molecule has 1 aromatic carbocycles. The molecule has 0 aromatic heterocycles. The minimum absolute atomic E-state index is 0. The van der Waals surface area contributed by atoms with Crippen molar-refractivity contribution in [1.82, 2.24) is 0 Å². The molecular formula is C53H103BrN2O2. The highest BCUT2D eigenvalue weighted by atomic mass is 79.9. The van der Waals surface area contributed by atoms with Crippen molar-refractivity contribution in [3.05, 3.63) is 42.0 Å². The summed E-state index contributed by atoms with van der Waals surface area (Å²) in [6.45, 7) is 14.7. The van der Waals surface area contributed by atoms with Crippen LogP contribution in [0, 0.1) is 0 Å². The molecule has 0 fully saturated rings. The number of carbonyl (C=O) groups is 1. The van der Waals surface area contributed by atoms with E-state index in [4.69, 9.17) is 0 Å². The maximum absolute atomic E-state index is 9.97. The summed E-state index contributed by atoms with van der Waals surface area (Å²) in [4.78, 5) is 9.97. The lowest BCUT2D eigenvalue weighted by Gasteiger charge is -2.30.